The van der Waals surface area contributed by atoms with Crippen molar-refractivity contribution in [3.63, 3.8) is 0 Å². The first-order chi connectivity index (χ1) is 17.1. The largest absolute Gasteiger partial charge is 0.416 e. The van der Waals surface area contributed by atoms with Crippen LogP contribution in [0.1, 0.15) is 55.6 Å². The highest BCUT2D eigenvalue weighted by Crippen LogP contribution is 2.34. The minimum Gasteiger partial charge on any atom is -0.378 e. The summed E-state index contributed by atoms with van der Waals surface area (Å²) >= 11 is 1.09. The van der Waals surface area contributed by atoms with Gasteiger partial charge in [0.25, 0.3) is 5.91 Å². The Morgan fingerprint density at radius 3 is 2.64 bits per heavy atom. The molecule has 1 amide bonds. The highest BCUT2D eigenvalue weighted by Gasteiger charge is 2.32. The number of carbonyl (C=O) groups is 2. The number of nitrogens with one attached hydrogen (secondary N) is 1. The van der Waals surface area contributed by atoms with Crippen molar-refractivity contribution in [2.75, 3.05) is 36.5 Å². The van der Waals surface area contributed by atoms with Gasteiger partial charge in [0, 0.05) is 37.2 Å². The monoisotopic (exact) mass is 519 g/mol. The number of ketones is 1. The van der Waals surface area contributed by atoms with Gasteiger partial charge in [-0.3, -0.25) is 9.59 Å². The fourth-order valence-electron chi connectivity index (χ4n) is 3.75. The van der Waals surface area contributed by atoms with Crippen LogP contribution < -0.4 is 10.2 Å². The molecule has 0 spiro atoms. The van der Waals surface area contributed by atoms with Crippen LogP contribution in [0.5, 0.6) is 0 Å². The summed E-state index contributed by atoms with van der Waals surface area (Å²) in [5.41, 5.74) is -0.401. The molecule has 0 aliphatic carbocycles. The summed E-state index contributed by atoms with van der Waals surface area (Å²) in [7, 11) is 0. The van der Waals surface area contributed by atoms with E-state index >= 15 is 0 Å². The zero-order valence-corrected chi connectivity index (χ0v) is 20.4. The Kier molecular flexibility index (Phi) is 7.65. The Hall–Kier alpha value is -3.38. The first-order valence-electron chi connectivity index (χ1n) is 11.2. The lowest BCUT2D eigenvalue weighted by atomic mass is 10.0. The number of ether oxygens (including phenoxy) is 1. The number of halogens is 3. The highest BCUT2D eigenvalue weighted by molar-refractivity contribution is 7.13. The number of anilines is 2. The molecule has 2 aromatic heterocycles. The molecule has 1 N–H and O–H groups in total. The van der Waals surface area contributed by atoms with E-state index in [-0.39, 0.29) is 34.2 Å². The molecule has 1 aromatic carbocycles. The van der Waals surface area contributed by atoms with Crippen molar-refractivity contribution >= 4 is 34.5 Å². The molecule has 4 rings (SSSR count). The van der Waals surface area contributed by atoms with Crippen LogP contribution in [0.2, 0.25) is 0 Å². The second-order valence-corrected chi connectivity index (χ2v) is 9.50. The summed E-state index contributed by atoms with van der Waals surface area (Å²) in [4.78, 5) is 40.4. The lowest BCUT2D eigenvalue weighted by molar-refractivity contribution is -0.138. The lowest BCUT2D eigenvalue weighted by Crippen LogP contribution is -2.36. The van der Waals surface area contributed by atoms with Crippen molar-refractivity contribution in [3.8, 4) is 0 Å². The Labute approximate surface area is 209 Å². The number of aryl methyl sites for hydroxylation is 1. The van der Waals surface area contributed by atoms with Gasteiger partial charge in [-0.15, -0.1) is 11.3 Å². The van der Waals surface area contributed by atoms with Crippen molar-refractivity contribution in [1.82, 2.24) is 15.0 Å². The van der Waals surface area contributed by atoms with E-state index < -0.39 is 17.6 Å². The summed E-state index contributed by atoms with van der Waals surface area (Å²) < 4.78 is 44.8. The summed E-state index contributed by atoms with van der Waals surface area (Å²) in [6.07, 6.45) is -1.67. The SMILES string of the molecule is Cc1ccc(NC(=O)c2cnc(C(C)CC(=O)c3cc(N4CCOCC4)ncn3)s2)cc1C(F)(F)F. The average Bonchev–Trinajstić information content (AvgIpc) is 3.36. The first-order valence-corrected chi connectivity index (χ1v) is 12.1. The fourth-order valence-corrected chi connectivity index (χ4v) is 4.62. The number of aromatic nitrogens is 3. The third-order valence-electron chi connectivity index (χ3n) is 5.73. The maximum absolute atomic E-state index is 13.2. The van der Waals surface area contributed by atoms with Crippen LogP contribution in [-0.4, -0.2) is 52.9 Å². The second kappa shape index (κ2) is 10.7. The average molecular weight is 520 g/mol. The molecule has 0 saturated carbocycles. The summed E-state index contributed by atoms with van der Waals surface area (Å²) in [6, 6.07) is 5.29. The van der Waals surface area contributed by atoms with Crippen LogP contribution in [0.15, 0.2) is 36.8 Å². The molecule has 1 saturated heterocycles. The van der Waals surface area contributed by atoms with Gasteiger partial charge in [-0.2, -0.15) is 13.2 Å². The van der Waals surface area contributed by atoms with Crippen molar-refractivity contribution < 1.29 is 27.5 Å². The van der Waals surface area contributed by atoms with Crippen LogP contribution in [0.25, 0.3) is 0 Å². The number of hydrogen-bond acceptors (Lipinski definition) is 8. The number of amides is 1. The smallest absolute Gasteiger partial charge is 0.378 e. The summed E-state index contributed by atoms with van der Waals surface area (Å²) in [5, 5.41) is 3.05. The molecule has 0 bridgehead atoms. The topological polar surface area (TPSA) is 97.3 Å². The molecule has 12 heteroatoms. The molecule has 1 fully saturated rings. The zero-order chi connectivity index (χ0) is 25.9. The molecule has 1 unspecified atom stereocenters. The van der Waals surface area contributed by atoms with Crippen LogP contribution >= 0.6 is 11.3 Å². The van der Waals surface area contributed by atoms with Gasteiger partial charge in [-0.1, -0.05) is 13.0 Å². The lowest BCUT2D eigenvalue weighted by Gasteiger charge is -2.27. The number of benzene rings is 1. The van der Waals surface area contributed by atoms with Gasteiger partial charge in [0.1, 0.15) is 22.7 Å². The number of alkyl halides is 3. The number of hydrogen-bond donors (Lipinski definition) is 1. The molecule has 8 nitrogen and oxygen atoms in total. The first kappa shape index (κ1) is 25.7. The molecule has 1 aliphatic heterocycles. The molecule has 1 atom stereocenters. The minimum atomic E-state index is -4.52. The number of carbonyl (C=O) groups excluding carboxylic acids is 2. The van der Waals surface area contributed by atoms with Gasteiger partial charge in [0.05, 0.1) is 30.0 Å². The number of rotatable bonds is 7. The van der Waals surface area contributed by atoms with E-state index in [9.17, 15) is 22.8 Å². The Morgan fingerprint density at radius 2 is 1.92 bits per heavy atom. The van der Waals surface area contributed by atoms with Crippen molar-refractivity contribution in [3.05, 3.63) is 63.5 Å². The highest BCUT2D eigenvalue weighted by atomic mass is 32.1. The van der Waals surface area contributed by atoms with E-state index in [0.29, 0.717) is 42.8 Å². The fraction of sp³-hybridized carbons (Fsp3) is 0.375. The zero-order valence-electron chi connectivity index (χ0n) is 19.6. The number of nitrogens with zero attached hydrogens (tertiary/aromatic N) is 4. The molecular formula is C24H24F3N5O3S. The van der Waals surface area contributed by atoms with E-state index in [1.54, 1.807) is 6.07 Å². The van der Waals surface area contributed by atoms with Crippen molar-refractivity contribution in [1.29, 1.82) is 0 Å². The predicted octanol–water partition coefficient (Wildman–Crippen LogP) is 4.73. The maximum Gasteiger partial charge on any atom is 0.416 e. The standard InChI is InChI=1S/C24H24F3N5O3S/c1-14-3-4-16(10-17(14)24(25,26)27)31-22(34)20-12-28-23(36-20)15(2)9-19(33)18-11-21(30-13-29-18)32-5-7-35-8-6-32/h3-4,10-13,15H,5-9H2,1-2H3,(H,31,34). The normalized spacial score (nSPS) is 15.0. The third kappa shape index (κ3) is 6.05. The predicted molar refractivity (Wildman–Crippen MR) is 129 cm³/mol. The van der Waals surface area contributed by atoms with Gasteiger partial charge < -0.3 is 15.0 Å². The molecular weight excluding hydrogens is 495 g/mol. The van der Waals surface area contributed by atoms with Crippen LogP contribution in [-0.2, 0) is 10.9 Å². The number of Topliss-reactive ketones (excluding diaryl/α,β-unsaturated/α-hetero) is 1. The van der Waals surface area contributed by atoms with Gasteiger partial charge in [0.2, 0.25) is 0 Å². The van der Waals surface area contributed by atoms with E-state index in [1.807, 2.05) is 11.8 Å². The number of morpholine rings is 1. The molecule has 190 valence electrons. The van der Waals surface area contributed by atoms with Gasteiger partial charge >= 0.3 is 6.18 Å². The maximum atomic E-state index is 13.2. The quantitative estimate of drug-likeness (QED) is 0.451. The van der Waals surface area contributed by atoms with Crippen LogP contribution in [0, 0.1) is 6.92 Å². The molecule has 3 heterocycles. The van der Waals surface area contributed by atoms with Gasteiger partial charge in [-0.05, 0) is 24.6 Å². The van der Waals surface area contributed by atoms with Crippen LogP contribution in [0.3, 0.4) is 0 Å². The van der Waals surface area contributed by atoms with E-state index in [0.717, 1.165) is 17.4 Å². The Bertz CT molecular complexity index is 1260. The van der Waals surface area contributed by atoms with Gasteiger partial charge in [-0.25, -0.2) is 15.0 Å². The van der Waals surface area contributed by atoms with Crippen molar-refractivity contribution in [2.24, 2.45) is 0 Å². The Morgan fingerprint density at radius 1 is 1.17 bits per heavy atom. The third-order valence-corrected chi connectivity index (χ3v) is 6.96. The molecule has 1 aliphatic rings. The number of thiazole rings is 1. The summed E-state index contributed by atoms with van der Waals surface area (Å²) in [6.45, 7) is 5.74. The summed E-state index contributed by atoms with van der Waals surface area (Å²) in [5.74, 6) is -0.371. The van der Waals surface area contributed by atoms with Gasteiger partial charge in [0.15, 0.2) is 5.78 Å². The van der Waals surface area contributed by atoms with E-state index in [2.05, 4.69) is 20.3 Å². The molecule has 36 heavy (non-hydrogen) atoms. The molecule has 0 radical (unpaired) electrons. The second-order valence-electron chi connectivity index (χ2n) is 8.43. The van der Waals surface area contributed by atoms with Crippen molar-refractivity contribution in [2.45, 2.75) is 32.4 Å². The minimum absolute atomic E-state index is 0.0379. The van der Waals surface area contributed by atoms with E-state index in [4.69, 9.17) is 4.74 Å². The Balaban J connectivity index is 1.40. The molecule has 3 aromatic rings. The van der Waals surface area contributed by atoms with E-state index in [1.165, 1.54) is 31.6 Å². The van der Waals surface area contributed by atoms with Crippen LogP contribution in [0.4, 0.5) is 24.7 Å².